The highest BCUT2D eigenvalue weighted by atomic mass is 35.5. The molecular formula is C94H118ClF4N25O3S. The normalized spacial score (nSPS) is 11.8. The average molecular weight is 1790 g/mol. The first kappa shape index (κ1) is 98.5. The first-order valence-corrected chi connectivity index (χ1v) is 42.5. The van der Waals surface area contributed by atoms with Gasteiger partial charge >= 0.3 is 6.18 Å². The number of anilines is 18. The molecule has 1 aliphatic heterocycles. The number of benzene rings is 5. The van der Waals surface area contributed by atoms with Gasteiger partial charge in [-0.2, -0.15) is 43.1 Å². The molecule has 0 fully saturated rings. The number of halogens is 5. The number of fused-ring (bicyclic) bond motifs is 2. The zero-order valence-electron chi connectivity index (χ0n) is 77.3. The van der Waals surface area contributed by atoms with Gasteiger partial charge in [-0.05, 0) is 245 Å². The van der Waals surface area contributed by atoms with E-state index in [0.717, 1.165) is 97.3 Å². The van der Waals surface area contributed by atoms with Crippen molar-refractivity contribution in [3.63, 3.8) is 0 Å². The molecule has 0 radical (unpaired) electrons. The molecule has 0 spiro atoms. The number of rotatable bonds is 19. The van der Waals surface area contributed by atoms with Crippen molar-refractivity contribution in [2.24, 2.45) is 0 Å². The summed E-state index contributed by atoms with van der Waals surface area (Å²) in [6.07, 6.45) is 9.73. The number of nitrogens with zero attached hydrogens (tertiary/aromatic N) is 13. The standard InChI is InChI=1S/C17H20N4S.C16H19F3N4.C16H21FN4O.C16H20N4O2.C15H19ClN4.C14H19N5/c1-11-9-18-16(21-17(2,3)4)20-15(11)19-13-10-22-14-8-6-5-7-12(13)14;1-10-9-20-14(23-15(2,3)4)22-13(10)21-12-7-5-6-11(8-12)16(17,18)19;1-10-9-18-15(21-16(2,3)4)20-14(10)19-11-6-7-12(17)13(8-11)22-5;1-10-8-17-15(20-16(2,3)4)19-14(10)18-11-6-5-7-12-13(11)22-9-21-12;1-10-9-17-14(20-15(2,3)4)19-13(10)18-12-7-5-6-11(16)8-12;1-10-8-16-13(19-14(2,3)4)18-12(10)17-11-6-5-7-15-9-11/h5-10H,1-4H3,(H2,18,19,20,21);5-9H,1-4H3,(H2,20,21,22,23);6-9H,1-5H3,(H2,18,19,20,21);5-8H,9H2,1-4H3,(H2,17,18,19,20);5-9H,1-4H3,(H2,17,18,19,20);5-9H,1-4H3,(H2,16,17,18,19). The van der Waals surface area contributed by atoms with Gasteiger partial charge in [0.2, 0.25) is 42.5 Å². The van der Waals surface area contributed by atoms with Gasteiger partial charge in [-0.3, -0.25) is 4.98 Å². The maximum atomic E-state index is 13.4. The average Bonchev–Trinajstić information content (AvgIpc) is 1.62. The van der Waals surface area contributed by atoms with Gasteiger partial charge in [0.05, 0.1) is 35.9 Å². The summed E-state index contributed by atoms with van der Waals surface area (Å²) in [4.78, 5) is 56.7. The first-order valence-electron chi connectivity index (χ1n) is 41.3. The van der Waals surface area contributed by atoms with E-state index >= 15 is 0 Å². The summed E-state index contributed by atoms with van der Waals surface area (Å²) >= 11 is 7.72. The van der Waals surface area contributed by atoms with Crippen LogP contribution < -0.4 is 78.0 Å². The van der Waals surface area contributed by atoms with Crippen molar-refractivity contribution in [2.75, 3.05) is 77.7 Å². The molecule has 0 atom stereocenters. The molecule has 12 N–H and O–H groups in total. The van der Waals surface area contributed by atoms with Gasteiger partial charge in [-0.1, -0.05) is 48.0 Å². The van der Waals surface area contributed by atoms with Gasteiger partial charge < -0.3 is 78.0 Å². The van der Waals surface area contributed by atoms with E-state index in [1.54, 1.807) is 79.8 Å². The predicted molar refractivity (Wildman–Crippen MR) is 515 cm³/mol. The first-order chi connectivity index (χ1) is 59.9. The molecule has 0 bridgehead atoms. The van der Waals surface area contributed by atoms with E-state index in [0.29, 0.717) is 69.5 Å². The fraction of sp³-hybridized carbons (Fsp3) is 0.351. The Kier molecular flexibility index (Phi) is 32.9. The van der Waals surface area contributed by atoms with Gasteiger partial charge in [0.15, 0.2) is 23.1 Å². The Morgan fingerprint density at radius 1 is 0.375 bits per heavy atom. The van der Waals surface area contributed by atoms with Gasteiger partial charge in [0.1, 0.15) is 34.9 Å². The molecule has 0 saturated carbocycles. The molecular weight excluding hydrogens is 1670 g/mol. The van der Waals surface area contributed by atoms with Crippen molar-refractivity contribution < 1.29 is 31.8 Å². The zero-order valence-corrected chi connectivity index (χ0v) is 78.9. The number of methoxy groups -OCH3 is 1. The van der Waals surface area contributed by atoms with Crippen LogP contribution in [0, 0.1) is 47.4 Å². The van der Waals surface area contributed by atoms with Crippen LogP contribution in [-0.4, -0.2) is 112 Å². The molecule has 0 unspecified atom stereocenters. The zero-order chi connectivity index (χ0) is 93.7. The van der Waals surface area contributed by atoms with Crippen LogP contribution in [0.15, 0.2) is 176 Å². The van der Waals surface area contributed by atoms with Crippen molar-refractivity contribution >= 4 is 138 Å². The van der Waals surface area contributed by atoms with Crippen LogP contribution in [0.1, 0.15) is 164 Å². The Bertz CT molecular complexity index is 5850. The van der Waals surface area contributed by atoms with E-state index in [1.807, 2.05) is 137 Å². The largest absolute Gasteiger partial charge is 0.494 e. The van der Waals surface area contributed by atoms with E-state index < -0.39 is 17.6 Å². The molecule has 128 heavy (non-hydrogen) atoms. The summed E-state index contributed by atoms with van der Waals surface area (Å²) in [6, 6.07) is 35.1. The maximum Gasteiger partial charge on any atom is 0.416 e. The third-order valence-electron chi connectivity index (χ3n) is 17.0. The second-order valence-corrected chi connectivity index (χ2v) is 37.6. The second-order valence-electron chi connectivity index (χ2n) is 36.2. The SMILES string of the molecule is COc1cc(Nc2nc(NC(C)(C)C)ncc2C)ccc1F.Cc1cnc(NC(C)(C)C)nc1Nc1cccc(C(F)(F)F)c1.Cc1cnc(NC(C)(C)C)nc1Nc1cccc(Cl)c1.Cc1cnc(NC(C)(C)C)nc1Nc1cccc2c1OCO2.Cc1cnc(NC(C)(C)C)nc1Nc1cccnc1.Cc1cnc(NC(C)(C)C)nc1Nc1csc2ccccc12. The Morgan fingerprint density at radius 3 is 1.13 bits per heavy atom. The highest BCUT2D eigenvalue weighted by Crippen LogP contribution is 2.41. The van der Waals surface area contributed by atoms with E-state index in [2.05, 4.69) is 241 Å². The number of aryl methyl sites for hydroxylation is 6. The third-order valence-corrected chi connectivity index (χ3v) is 18.2. The van der Waals surface area contributed by atoms with Crippen molar-refractivity contribution in [3.05, 3.63) is 226 Å². The molecule has 678 valence electrons. The fourth-order valence-electron chi connectivity index (χ4n) is 11.2. The minimum Gasteiger partial charge on any atom is -0.494 e. The van der Waals surface area contributed by atoms with Crippen LogP contribution in [0.3, 0.4) is 0 Å². The van der Waals surface area contributed by atoms with Crippen molar-refractivity contribution in [1.82, 2.24) is 64.8 Å². The monoisotopic (exact) mass is 1790 g/mol. The van der Waals surface area contributed by atoms with Crippen LogP contribution in [0.2, 0.25) is 5.02 Å². The number of alkyl halides is 3. The number of pyridine rings is 1. The van der Waals surface area contributed by atoms with E-state index in [1.165, 1.54) is 29.3 Å². The molecule has 14 rings (SSSR count). The fourth-order valence-corrected chi connectivity index (χ4v) is 12.3. The third kappa shape index (κ3) is 32.6. The van der Waals surface area contributed by atoms with Crippen molar-refractivity contribution in [1.29, 1.82) is 0 Å². The highest BCUT2D eigenvalue weighted by molar-refractivity contribution is 7.17. The molecule has 34 heteroatoms. The minimum atomic E-state index is -4.38. The van der Waals surface area contributed by atoms with Crippen LogP contribution >= 0.6 is 22.9 Å². The van der Waals surface area contributed by atoms with Gasteiger partial charge in [-0.25, -0.2) is 34.3 Å². The van der Waals surface area contributed by atoms with Gasteiger partial charge in [-0.15, -0.1) is 11.3 Å². The number of nitrogens with one attached hydrogen (secondary N) is 12. The van der Waals surface area contributed by atoms with E-state index in [-0.39, 0.29) is 45.8 Å². The van der Waals surface area contributed by atoms with Crippen molar-refractivity contribution in [3.8, 4) is 17.2 Å². The lowest BCUT2D eigenvalue weighted by molar-refractivity contribution is -0.137. The summed E-state index contributed by atoms with van der Waals surface area (Å²) in [5, 5.41) is 42.8. The molecule has 0 saturated heterocycles. The van der Waals surface area contributed by atoms with Gasteiger partial charge in [0.25, 0.3) is 0 Å². The van der Waals surface area contributed by atoms with E-state index in [9.17, 15) is 17.6 Å². The summed E-state index contributed by atoms with van der Waals surface area (Å²) in [7, 11) is 1.43. The second kappa shape index (κ2) is 42.8. The topological polar surface area (TPSA) is 340 Å². The number of ether oxygens (including phenoxy) is 3. The summed E-state index contributed by atoms with van der Waals surface area (Å²) in [5.74, 6) is 8.90. The number of hydrogen-bond donors (Lipinski definition) is 12. The number of aromatic nitrogens is 13. The molecule has 1 aliphatic rings. The van der Waals surface area contributed by atoms with Crippen molar-refractivity contribution in [2.45, 2.75) is 206 Å². The number of hydrogen-bond acceptors (Lipinski definition) is 29. The van der Waals surface area contributed by atoms with Crippen LogP contribution in [0.25, 0.3) is 10.1 Å². The number of para-hydroxylation sites is 1. The molecule has 28 nitrogen and oxygen atoms in total. The quantitative estimate of drug-likeness (QED) is 0.0335. The van der Waals surface area contributed by atoms with Crippen LogP contribution in [-0.2, 0) is 6.18 Å². The summed E-state index contributed by atoms with van der Waals surface area (Å²) in [6.45, 7) is 48.8. The highest BCUT2D eigenvalue weighted by Gasteiger charge is 2.31. The molecule has 8 aromatic heterocycles. The molecule has 9 heterocycles. The lowest BCUT2D eigenvalue weighted by Crippen LogP contribution is -2.27. The number of thiophene rings is 1. The maximum absolute atomic E-state index is 13.4. The summed E-state index contributed by atoms with van der Waals surface area (Å²) in [5.41, 5.74) is 8.95. The Hall–Kier alpha value is -13.3. The van der Waals surface area contributed by atoms with E-state index in [4.69, 9.17) is 25.8 Å². The predicted octanol–water partition coefficient (Wildman–Crippen LogP) is 24.6. The minimum absolute atomic E-state index is 0.0679. The lowest BCUT2D eigenvalue weighted by Gasteiger charge is -2.21. The Balaban J connectivity index is 0.000000174. The lowest BCUT2D eigenvalue weighted by atomic mass is 10.1. The molecule has 0 amide bonds. The van der Waals surface area contributed by atoms with Gasteiger partial charge in [0, 0.05) is 154 Å². The Labute approximate surface area is 756 Å². The van der Waals surface area contributed by atoms with Crippen LogP contribution in [0.4, 0.5) is 122 Å². The van der Waals surface area contributed by atoms with Crippen LogP contribution in [0.5, 0.6) is 17.2 Å². The molecule has 5 aromatic carbocycles. The smallest absolute Gasteiger partial charge is 0.416 e. The summed E-state index contributed by atoms with van der Waals surface area (Å²) < 4.78 is 68.9. The molecule has 13 aromatic rings. The Morgan fingerprint density at radius 2 is 0.742 bits per heavy atom. The molecule has 0 aliphatic carbocycles.